The van der Waals surface area contributed by atoms with Crippen LogP contribution in [0.4, 0.5) is 18.9 Å². The number of unbranched alkanes of at least 4 members (excludes halogenated alkanes) is 1. The number of sulfonamides is 1. The van der Waals surface area contributed by atoms with E-state index in [2.05, 4.69) is 17.0 Å². The molecule has 192 valence electrons. The summed E-state index contributed by atoms with van der Waals surface area (Å²) in [6.07, 6.45) is -1.40. The van der Waals surface area contributed by atoms with Crippen LogP contribution in [0.25, 0.3) is 0 Å². The number of hydrogen-bond donors (Lipinski definition) is 3. The molecule has 1 amide bonds. The summed E-state index contributed by atoms with van der Waals surface area (Å²) >= 11 is 0. The van der Waals surface area contributed by atoms with E-state index in [0.717, 1.165) is 42.4 Å². The van der Waals surface area contributed by atoms with Gasteiger partial charge in [0.05, 0.1) is 10.3 Å². The number of aliphatic carboxylic acids is 1. The van der Waals surface area contributed by atoms with Crippen LogP contribution in [0, 0.1) is 13.8 Å². The van der Waals surface area contributed by atoms with Gasteiger partial charge in [-0.15, -0.1) is 0 Å². The Kier molecular flexibility index (Phi) is 8.94. The molecule has 0 radical (unpaired) electrons. The molecule has 11 heteroatoms. The number of carboxylic acid groups (broad SMARTS) is 1. The van der Waals surface area contributed by atoms with E-state index in [-0.39, 0.29) is 10.8 Å². The lowest BCUT2D eigenvalue weighted by Crippen LogP contribution is -2.35. The summed E-state index contributed by atoms with van der Waals surface area (Å²) in [7, 11) is -3.65. The van der Waals surface area contributed by atoms with Crippen LogP contribution in [0.3, 0.4) is 0 Å². The second-order valence-corrected chi connectivity index (χ2v) is 10.1. The zero-order valence-corrected chi connectivity index (χ0v) is 20.5. The molecule has 7 nitrogen and oxygen atoms in total. The zero-order valence-electron chi connectivity index (χ0n) is 19.7. The summed E-state index contributed by atoms with van der Waals surface area (Å²) < 4.78 is 59.6. The van der Waals surface area contributed by atoms with Crippen LogP contribution < -0.4 is 10.0 Å². The standard InChI is InChI=1S/C22H28N2O3S.C2HF3O2/c1-4-5-14-23-21(25)22(12-13-22)18-7-9-19(10-8-18)24-28(26,27)20-11-6-16(2)17(3)15-20;3-2(4,5)1(6)7/h6-11,15,24H,4-5,12-14H2,1-3H3,(H,23,25);(H,6,7). The summed E-state index contributed by atoms with van der Waals surface area (Å²) in [5, 5.41) is 10.1. The largest absolute Gasteiger partial charge is 0.490 e. The van der Waals surface area contributed by atoms with E-state index in [0.29, 0.717) is 12.2 Å². The molecule has 0 aliphatic heterocycles. The second-order valence-electron chi connectivity index (χ2n) is 8.42. The number of carbonyl (C=O) groups excluding carboxylic acids is 1. The third-order valence-electron chi connectivity index (χ3n) is 5.72. The highest BCUT2D eigenvalue weighted by Crippen LogP contribution is 2.48. The second kappa shape index (κ2) is 11.1. The van der Waals surface area contributed by atoms with Gasteiger partial charge in [0.1, 0.15) is 0 Å². The molecule has 1 aliphatic rings. The molecule has 0 bridgehead atoms. The van der Waals surface area contributed by atoms with Crippen molar-refractivity contribution in [1.82, 2.24) is 5.32 Å². The maximum atomic E-state index is 12.6. The van der Waals surface area contributed by atoms with Crippen LogP contribution in [0.15, 0.2) is 47.4 Å². The minimum atomic E-state index is -5.08. The van der Waals surface area contributed by atoms with E-state index in [9.17, 15) is 26.4 Å². The molecule has 35 heavy (non-hydrogen) atoms. The molecule has 3 rings (SSSR count). The highest BCUT2D eigenvalue weighted by molar-refractivity contribution is 7.92. The highest BCUT2D eigenvalue weighted by atomic mass is 32.2. The predicted molar refractivity (Wildman–Crippen MR) is 126 cm³/mol. The van der Waals surface area contributed by atoms with Gasteiger partial charge in [-0.1, -0.05) is 31.5 Å². The Hall–Kier alpha value is -3.08. The van der Waals surface area contributed by atoms with Crippen molar-refractivity contribution < 1.29 is 36.3 Å². The lowest BCUT2D eigenvalue weighted by Gasteiger charge is -2.16. The van der Waals surface area contributed by atoms with Gasteiger partial charge >= 0.3 is 12.1 Å². The molecule has 0 heterocycles. The van der Waals surface area contributed by atoms with Crippen molar-refractivity contribution in [1.29, 1.82) is 0 Å². The van der Waals surface area contributed by atoms with Crippen LogP contribution in [-0.2, 0) is 25.0 Å². The first kappa shape index (κ1) is 28.2. The molecule has 3 N–H and O–H groups in total. The van der Waals surface area contributed by atoms with Crippen LogP contribution in [0.5, 0.6) is 0 Å². The Labute approximate surface area is 202 Å². The van der Waals surface area contributed by atoms with Crippen LogP contribution in [-0.4, -0.2) is 38.1 Å². The number of nitrogens with one attached hydrogen (secondary N) is 2. The summed E-state index contributed by atoms with van der Waals surface area (Å²) in [4.78, 5) is 21.7. The maximum absolute atomic E-state index is 12.6. The minimum absolute atomic E-state index is 0.0735. The van der Waals surface area contributed by atoms with Crippen molar-refractivity contribution in [3.63, 3.8) is 0 Å². The van der Waals surface area contributed by atoms with Gasteiger partial charge in [0.15, 0.2) is 0 Å². The quantitative estimate of drug-likeness (QED) is 0.443. The molecule has 1 aliphatic carbocycles. The molecule has 0 atom stereocenters. The van der Waals surface area contributed by atoms with Crippen molar-refractivity contribution in [3.05, 3.63) is 59.2 Å². The van der Waals surface area contributed by atoms with Crippen LogP contribution in [0.1, 0.15) is 49.3 Å². The number of hydrogen-bond acceptors (Lipinski definition) is 4. The first-order valence-corrected chi connectivity index (χ1v) is 12.5. The fraction of sp³-hybridized carbons (Fsp3) is 0.417. The number of carboxylic acids is 1. The van der Waals surface area contributed by atoms with E-state index in [1.807, 2.05) is 26.0 Å². The van der Waals surface area contributed by atoms with E-state index in [1.54, 1.807) is 30.3 Å². The molecule has 2 aromatic carbocycles. The number of carbonyl (C=O) groups is 2. The molecule has 1 saturated carbocycles. The maximum Gasteiger partial charge on any atom is 0.490 e. The van der Waals surface area contributed by atoms with Crippen molar-refractivity contribution in [2.24, 2.45) is 0 Å². The average Bonchev–Trinajstić information content (AvgIpc) is 3.58. The SMILES string of the molecule is CCCCNC(=O)C1(c2ccc(NS(=O)(=O)c3ccc(C)c(C)c3)cc2)CC1.O=C(O)C(F)(F)F. The molecule has 1 fully saturated rings. The Bertz CT molecular complexity index is 1160. The monoisotopic (exact) mass is 514 g/mol. The Balaban J connectivity index is 0.000000540. The third-order valence-corrected chi connectivity index (χ3v) is 7.10. The van der Waals surface area contributed by atoms with Gasteiger partial charge in [-0.2, -0.15) is 13.2 Å². The van der Waals surface area contributed by atoms with Gasteiger partial charge < -0.3 is 10.4 Å². The van der Waals surface area contributed by atoms with E-state index in [4.69, 9.17) is 9.90 Å². The summed E-state index contributed by atoms with van der Waals surface area (Å²) in [5.74, 6) is -2.68. The van der Waals surface area contributed by atoms with Gasteiger partial charge in [0.25, 0.3) is 10.0 Å². The molecule has 0 saturated heterocycles. The first-order valence-electron chi connectivity index (χ1n) is 11.0. The van der Waals surface area contributed by atoms with Crippen LogP contribution >= 0.6 is 0 Å². The number of amides is 1. The summed E-state index contributed by atoms with van der Waals surface area (Å²) in [5.41, 5.74) is 2.97. The Morgan fingerprint density at radius 1 is 1.03 bits per heavy atom. The number of rotatable bonds is 8. The minimum Gasteiger partial charge on any atom is -0.475 e. The average molecular weight is 515 g/mol. The van der Waals surface area contributed by atoms with Crippen LogP contribution in [0.2, 0.25) is 0 Å². The molecular weight excluding hydrogens is 485 g/mol. The third kappa shape index (κ3) is 7.45. The van der Waals surface area contributed by atoms with Gasteiger partial charge in [-0.3, -0.25) is 9.52 Å². The highest BCUT2D eigenvalue weighted by Gasteiger charge is 2.51. The first-order chi connectivity index (χ1) is 16.2. The van der Waals surface area contributed by atoms with Crippen molar-refractivity contribution in [2.75, 3.05) is 11.3 Å². The zero-order chi connectivity index (χ0) is 26.4. The van der Waals surface area contributed by atoms with Gasteiger partial charge in [0, 0.05) is 12.2 Å². The smallest absolute Gasteiger partial charge is 0.475 e. The molecule has 0 unspecified atom stereocenters. The number of alkyl halides is 3. The predicted octanol–water partition coefficient (Wildman–Crippen LogP) is 4.69. The topological polar surface area (TPSA) is 113 Å². The lowest BCUT2D eigenvalue weighted by molar-refractivity contribution is -0.192. The van der Waals surface area contributed by atoms with Gasteiger partial charge in [0.2, 0.25) is 5.91 Å². The fourth-order valence-corrected chi connectivity index (χ4v) is 4.42. The Morgan fingerprint density at radius 2 is 1.60 bits per heavy atom. The molecular formula is C24H29F3N2O5S. The molecule has 2 aromatic rings. The summed E-state index contributed by atoms with van der Waals surface area (Å²) in [6, 6.07) is 12.3. The van der Waals surface area contributed by atoms with E-state index >= 15 is 0 Å². The normalized spacial score (nSPS) is 14.3. The van der Waals surface area contributed by atoms with Gasteiger partial charge in [-0.25, -0.2) is 13.2 Å². The van der Waals surface area contributed by atoms with Gasteiger partial charge in [-0.05, 0) is 74.1 Å². The van der Waals surface area contributed by atoms with E-state index in [1.165, 1.54) is 0 Å². The number of aryl methyl sites for hydroxylation is 2. The number of anilines is 1. The molecule has 0 spiro atoms. The number of halogens is 3. The number of benzene rings is 2. The lowest BCUT2D eigenvalue weighted by atomic mass is 9.94. The van der Waals surface area contributed by atoms with E-state index < -0.39 is 27.6 Å². The van der Waals surface area contributed by atoms with Crippen molar-refractivity contribution >= 4 is 27.6 Å². The summed E-state index contributed by atoms with van der Waals surface area (Å²) in [6.45, 7) is 6.63. The fourth-order valence-electron chi connectivity index (χ4n) is 3.27. The van der Waals surface area contributed by atoms with Crippen molar-refractivity contribution in [3.8, 4) is 0 Å². The Morgan fingerprint density at radius 3 is 2.06 bits per heavy atom. The van der Waals surface area contributed by atoms with Crippen molar-refractivity contribution in [2.45, 2.75) is 62.9 Å². The molecule has 0 aromatic heterocycles.